The highest BCUT2D eigenvalue weighted by molar-refractivity contribution is 7.92. The lowest BCUT2D eigenvalue weighted by Crippen LogP contribution is -2.58. The summed E-state index contributed by atoms with van der Waals surface area (Å²) in [6, 6.07) is 6.45. The number of benzene rings is 1. The van der Waals surface area contributed by atoms with Crippen LogP contribution >= 0.6 is 12.4 Å². The van der Waals surface area contributed by atoms with Crippen LogP contribution in [0.4, 0.5) is 0 Å². The molecule has 1 fully saturated rings. The van der Waals surface area contributed by atoms with E-state index in [1.165, 1.54) is 6.33 Å². The van der Waals surface area contributed by atoms with E-state index in [-0.39, 0.29) is 48.9 Å². The highest BCUT2D eigenvalue weighted by Gasteiger charge is 2.34. The Morgan fingerprint density at radius 1 is 0.957 bits per heavy atom. The predicted octanol–water partition coefficient (Wildman–Crippen LogP) is 3.66. The molecule has 264 valence electrons. The molecule has 0 aliphatic heterocycles. The first-order valence-corrected chi connectivity index (χ1v) is 18.2. The zero-order valence-electron chi connectivity index (χ0n) is 28.3. The van der Waals surface area contributed by atoms with Crippen molar-refractivity contribution in [2.45, 2.75) is 122 Å². The molecule has 0 radical (unpaired) electrons. The number of aromatic nitrogens is 2. The summed E-state index contributed by atoms with van der Waals surface area (Å²) >= 11 is 0. The summed E-state index contributed by atoms with van der Waals surface area (Å²) in [6.07, 6.45) is 7.78. The zero-order chi connectivity index (χ0) is 33.9. The molecule has 2 aromatic rings. The van der Waals surface area contributed by atoms with E-state index in [0.29, 0.717) is 12.1 Å². The van der Waals surface area contributed by atoms with Crippen LogP contribution < -0.4 is 16.0 Å². The Balaban J connectivity index is 0.00000768. The maximum Gasteiger partial charge on any atom is 0.243 e. The molecule has 5 N–H and O–H groups in total. The molecule has 11 nitrogen and oxygen atoms in total. The van der Waals surface area contributed by atoms with Gasteiger partial charge in [-0.25, -0.2) is 13.4 Å². The van der Waals surface area contributed by atoms with Crippen molar-refractivity contribution in [2.24, 2.45) is 11.3 Å². The molecule has 1 aromatic heterocycles. The van der Waals surface area contributed by atoms with Crippen molar-refractivity contribution >= 4 is 40.0 Å². The fourth-order valence-electron chi connectivity index (χ4n) is 5.81. The maximum absolute atomic E-state index is 13.9. The number of aliphatic hydroxyl groups is 1. The Kier molecular flexibility index (Phi) is 15.9. The number of sulfone groups is 1. The summed E-state index contributed by atoms with van der Waals surface area (Å²) in [6.45, 7) is 8.95. The highest BCUT2D eigenvalue weighted by atomic mass is 35.5. The number of hydrogen-bond donors (Lipinski definition) is 5. The second-order valence-corrected chi connectivity index (χ2v) is 16.8. The van der Waals surface area contributed by atoms with Crippen LogP contribution in [0.5, 0.6) is 0 Å². The molecular formula is C34H54ClN5O6S. The van der Waals surface area contributed by atoms with Crippen LogP contribution in [0.2, 0.25) is 0 Å². The van der Waals surface area contributed by atoms with Gasteiger partial charge < -0.3 is 26.0 Å². The van der Waals surface area contributed by atoms with Gasteiger partial charge in [-0.3, -0.25) is 14.4 Å². The summed E-state index contributed by atoms with van der Waals surface area (Å²) in [7, 11) is -3.59. The number of carbonyl (C=O) groups excluding carboxylic acids is 3. The molecule has 1 aromatic carbocycles. The lowest BCUT2D eigenvalue weighted by Gasteiger charge is -2.32. The summed E-state index contributed by atoms with van der Waals surface area (Å²) < 4.78 is 25.5. The molecule has 3 amide bonds. The third-order valence-corrected chi connectivity index (χ3v) is 10.7. The van der Waals surface area contributed by atoms with Gasteiger partial charge in [-0.1, -0.05) is 83.2 Å². The van der Waals surface area contributed by atoms with Crippen LogP contribution in [0, 0.1) is 11.3 Å². The Morgan fingerprint density at radius 3 is 2.15 bits per heavy atom. The standard InChI is InChI=1S/C34H53N5O6S.ClH/c1-23(2)46(44,45)21-30(40)27(16-24-12-8-6-9-13-24)38-33(43)29(18-26-20-35-22-36-26)39-32(42)28(17-25-14-10-7-11-15-25)37-31(41)19-34(3,4)5;/h7,10-11,14-15,20,22-24,27-30,40H,6,8-9,12-13,16-19,21H2,1-5H3,(H,35,36)(H,37,41)(H,38,43)(H,39,42);1H/t27-,28-,29-,30-;/m0./s1. The molecule has 0 saturated heterocycles. The van der Waals surface area contributed by atoms with E-state index in [2.05, 4.69) is 25.9 Å². The van der Waals surface area contributed by atoms with Crippen LogP contribution in [-0.2, 0) is 37.1 Å². The molecule has 4 atom stereocenters. The monoisotopic (exact) mass is 695 g/mol. The summed E-state index contributed by atoms with van der Waals surface area (Å²) in [5.41, 5.74) is 1.15. The summed E-state index contributed by atoms with van der Waals surface area (Å²) in [5.74, 6) is -1.59. The number of aromatic amines is 1. The first-order chi connectivity index (χ1) is 21.6. The number of halogens is 1. The summed E-state index contributed by atoms with van der Waals surface area (Å²) in [4.78, 5) is 47.7. The van der Waals surface area contributed by atoms with Crippen molar-refractivity contribution in [1.29, 1.82) is 0 Å². The molecule has 0 spiro atoms. The average molecular weight is 696 g/mol. The smallest absolute Gasteiger partial charge is 0.243 e. The Morgan fingerprint density at radius 2 is 1.57 bits per heavy atom. The number of carbonyl (C=O) groups is 3. The van der Waals surface area contributed by atoms with Crippen LogP contribution in [0.3, 0.4) is 0 Å². The molecule has 1 saturated carbocycles. The third-order valence-electron chi connectivity index (χ3n) is 8.46. The van der Waals surface area contributed by atoms with E-state index >= 15 is 0 Å². The fourth-order valence-corrected chi connectivity index (χ4v) is 6.90. The van der Waals surface area contributed by atoms with Crippen molar-refractivity contribution < 1.29 is 27.9 Å². The van der Waals surface area contributed by atoms with E-state index in [1.807, 2.05) is 51.1 Å². The topological polar surface area (TPSA) is 170 Å². The van der Waals surface area contributed by atoms with Gasteiger partial charge in [-0.2, -0.15) is 0 Å². The third kappa shape index (κ3) is 14.0. The van der Waals surface area contributed by atoms with Gasteiger partial charge in [0, 0.05) is 31.2 Å². The number of hydrogen-bond acceptors (Lipinski definition) is 7. The number of imidazole rings is 1. The van der Waals surface area contributed by atoms with Crippen molar-refractivity contribution in [3.05, 3.63) is 54.1 Å². The van der Waals surface area contributed by atoms with Crippen LogP contribution in [0.1, 0.15) is 90.8 Å². The first kappa shape index (κ1) is 40.2. The van der Waals surface area contributed by atoms with Crippen molar-refractivity contribution in [3.8, 4) is 0 Å². The van der Waals surface area contributed by atoms with Gasteiger partial charge in [-0.15, -0.1) is 12.4 Å². The van der Waals surface area contributed by atoms with E-state index in [0.717, 1.165) is 37.7 Å². The van der Waals surface area contributed by atoms with E-state index in [1.54, 1.807) is 20.0 Å². The lowest BCUT2D eigenvalue weighted by atomic mass is 9.83. The zero-order valence-corrected chi connectivity index (χ0v) is 30.0. The highest BCUT2D eigenvalue weighted by Crippen LogP contribution is 2.28. The molecule has 0 unspecified atom stereocenters. The second kappa shape index (κ2) is 18.5. The SMILES string of the molecule is CC(C)S(=O)(=O)C[C@H](O)[C@H](CC1CCCCC1)NC(=O)[C@H](Cc1cnc[nH]1)NC(=O)[C@H](Cc1ccccc1)NC(=O)CC(C)(C)C.Cl. The van der Waals surface area contributed by atoms with Crippen LogP contribution in [-0.4, -0.2) is 76.4 Å². The van der Waals surface area contributed by atoms with E-state index in [4.69, 9.17) is 0 Å². The minimum atomic E-state index is -3.59. The molecular weight excluding hydrogens is 642 g/mol. The van der Waals surface area contributed by atoms with E-state index < -0.39 is 56.9 Å². The fraction of sp³-hybridized carbons (Fsp3) is 0.647. The van der Waals surface area contributed by atoms with Crippen molar-refractivity contribution in [1.82, 2.24) is 25.9 Å². The van der Waals surface area contributed by atoms with Gasteiger partial charge in [0.15, 0.2) is 9.84 Å². The second-order valence-electron chi connectivity index (χ2n) is 14.2. The van der Waals surface area contributed by atoms with Gasteiger partial charge in [0.2, 0.25) is 17.7 Å². The molecule has 3 rings (SSSR count). The lowest BCUT2D eigenvalue weighted by molar-refractivity contribution is -0.133. The minimum absolute atomic E-state index is 0. The summed E-state index contributed by atoms with van der Waals surface area (Å²) in [5, 5.41) is 19.1. The Hall–Kier alpha value is -2.96. The molecule has 47 heavy (non-hydrogen) atoms. The molecule has 1 heterocycles. The number of H-pyrrole nitrogens is 1. The largest absolute Gasteiger partial charge is 0.390 e. The predicted molar refractivity (Wildman–Crippen MR) is 186 cm³/mol. The van der Waals surface area contributed by atoms with Gasteiger partial charge in [0.1, 0.15) is 12.1 Å². The Labute approximate surface area is 286 Å². The number of amides is 3. The Bertz CT molecular complexity index is 1360. The van der Waals surface area contributed by atoms with Crippen LogP contribution in [0.25, 0.3) is 0 Å². The van der Waals surface area contributed by atoms with E-state index in [9.17, 15) is 27.9 Å². The van der Waals surface area contributed by atoms with Gasteiger partial charge in [-0.05, 0) is 37.2 Å². The number of aliphatic hydroxyl groups excluding tert-OH is 1. The minimum Gasteiger partial charge on any atom is -0.390 e. The quantitative estimate of drug-likeness (QED) is 0.178. The molecule has 1 aliphatic carbocycles. The number of nitrogens with one attached hydrogen (secondary N) is 4. The number of rotatable bonds is 16. The van der Waals surface area contributed by atoms with Gasteiger partial charge in [0.05, 0.1) is 29.5 Å². The van der Waals surface area contributed by atoms with Crippen molar-refractivity contribution in [2.75, 3.05) is 5.75 Å². The molecule has 1 aliphatic rings. The molecule has 0 bridgehead atoms. The van der Waals surface area contributed by atoms with Crippen molar-refractivity contribution in [3.63, 3.8) is 0 Å². The van der Waals surface area contributed by atoms with Gasteiger partial charge >= 0.3 is 0 Å². The molecule has 13 heteroatoms. The maximum atomic E-state index is 13.9. The average Bonchev–Trinajstić information content (AvgIpc) is 3.49. The van der Waals surface area contributed by atoms with Gasteiger partial charge in [0.25, 0.3) is 0 Å². The first-order valence-electron chi connectivity index (χ1n) is 16.4. The number of nitrogens with zero attached hydrogens (tertiary/aromatic N) is 1. The normalized spacial score (nSPS) is 16.7. The van der Waals surface area contributed by atoms with Crippen LogP contribution in [0.15, 0.2) is 42.9 Å².